The summed E-state index contributed by atoms with van der Waals surface area (Å²) in [6, 6.07) is 0. The zero-order valence-electron chi connectivity index (χ0n) is 13.6. The molecule has 2 saturated heterocycles. The summed E-state index contributed by atoms with van der Waals surface area (Å²) >= 11 is 0. The van der Waals surface area contributed by atoms with Crippen LogP contribution in [0.2, 0.25) is 0 Å². The Morgan fingerprint density at radius 2 is 1.41 bits per heavy atom. The summed E-state index contributed by atoms with van der Waals surface area (Å²) < 4.78 is 34.0. The van der Waals surface area contributed by atoms with E-state index in [9.17, 15) is 0 Å². The molecule has 0 N–H and O–H groups in total. The average molecular weight is 354 g/mol. The van der Waals surface area contributed by atoms with E-state index < -0.39 is 16.8 Å². The Labute approximate surface area is 135 Å². The predicted molar refractivity (Wildman–Crippen MR) is 87.4 cm³/mol. The van der Waals surface area contributed by atoms with Crippen LogP contribution < -0.4 is 0 Å². The molecule has 2 aliphatic rings. The molecule has 0 unspecified atom stereocenters. The van der Waals surface area contributed by atoms with Gasteiger partial charge in [0, 0.05) is 26.0 Å². The van der Waals surface area contributed by atoms with Crippen LogP contribution in [0.5, 0.6) is 0 Å². The minimum Gasteiger partial charge on any atom is -0.384 e. The van der Waals surface area contributed by atoms with Gasteiger partial charge < -0.3 is 27.6 Å². The normalized spacial score (nSPS) is 32.5. The van der Waals surface area contributed by atoms with Gasteiger partial charge in [0.05, 0.1) is 45.1 Å². The van der Waals surface area contributed by atoms with E-state index in [1.165, 1.54) is 0 Å². The highest BCUT2D eigenvalue weighted by Gasteiger charge is 2.42. The first-order valence-corrected chi connectivity index (χ1v) is 10.6. The van der Waals surface area contributed by atoms with Crippen LogP contribution in [0.3, 0.4) is 0 Å². The zero-order chi connectivity index (χ0) is 15.7. The fraction of sp³-hybridized carbons (Fsp3) is 1.00. The molecule has 0 aromatic rings. The molecule has 1 spiro atoms. The van der Waals surface area contributed by atoms with Crippen molar-refractivity contribution in [1.82, 2.24) is 0 Å². The molecule has 0 aliphatic carbocycles. The highest BCUT2D eigenvalue weighted by Crippen LogP contribution is 2.51. The van der Waals surface area contributed by atoms with E-state index in [2.05, 4.69) is 6.92 Å². The second-order valence-electron chi connectivity index (χ2n) is 5.67. The van der Waals surface area contributed by atoms with E-state index in [0.29, 0.717) is 39.6 Å². The van der Waals surface area contributed by atoms with Gasteiger partial charge in [0.2, 0.25) is 0 Å². The van der Waals surface area contributed by atoms with Crippen molar-refractivity contribution in [3.05, 3.63) is 0 Å². The molecule has 0 aromatic heterocycles. The Kier molecular flexibility index (Phi) is 9.03. The van der Waals surface area contributed by atoms with Gasteiger partial charge in [-0.3, -0.25) is 0 Å². The van der Waals surface area contributed by atoms with Crippen molar-refractivity contribution in [3.8, 4) is 0 Å². The van der Waals surface area contributed by atoms with Crippen molar-refractivity contribution in [3.63, 3.8) is 0 Å². The van der Waals surface area contributed by atoms with Gasteiger partial charge in [0.1, 0.15) is 0 Å². The Hall–Kier alpha value is 0.620. The molecule has 0 amide bonds. The van der Waals surface area contributed by atoms with Crippen molar-refractivity contribution in [1.29, 1.82) is 0 Å². The summed E-state index contributed by atoms with van der Waals surface area (Å²) in [5.74, 6) is 0. The number of hydrogen-bond donors (Lipinski definition) is 0. The molecular formula is C14H28O6P2. The van der Waals surface area contributed by atoms with E-state index in [4.69, 9.17) is 27.6 Å². The van der Waals surface area contributed by atoms with E-state index in [-0.39, 0.29) is 5.41 Å². The van der Waals surface area contributed by atoms with Gasteiger partial charge in [0.15, 0.2) is 16.8 Å². The third-order valence-electron chi connectivity index (χ3n) is 3.60. The predicted octanol–water partition coefficient (Wildman–Crippen LogP) is 3.15. The van der Waals surface area contributed by atoms with Crippen molar-refractivity contribution in [2.24, 2.45) is 5.41 Å². The SMILES string of the molecule is CCCCOCCP1OCC2(COP(CCOC)OC2)CO1. The third-order valence-corrected chi connectivity index (χ3v) is 6.36. The first-order chi connectivity index (χ1) is 10.8. The number of rotatable bonds is 9. The Bertz CT molecular complexity index is 289. The van der Waals surface area contributed by atoms with Crippen LogP contribution in [0.1, 0.15) is 19.8 Å². The number of ether oxygens (including phenoxy) is 2. The molecular weight excluding hydrogens is 326 g/mol. The fourth-order valence-corrected chi connectivity index (χ4v) is 5.02. The fourth-order valence-electron chi connectivity index (χ4n) is 2.07. The van der Waals surface area contributed by atoms with Gasteiger partial charge in [-0.2, -0.15) is 0 Å². The lowest BCUT2D eigenvalue weighted by molar-refractivity contribution is -0.0539. The van der Waals surface area contributed by atoms with Crippen LogP contribution in [0.25, 0.3) is 0 Å². The first kappa shape index (κ1) is 19.0. The van der Waals surface area contributed by atoms with Crippen LogP contribution in [-0.4, -0.2) is 65.7 Å². The van der Waals surface area contributed by atoms with E-state index in [1.54, 1.807) is 7.11 Å². The van der Waals surface area contributed by atoms with Crippen LogP contribution >= 0.6 is 16.8 Å². The Morgan fingerprint density at radius 1 is 0.864 bits per heavy atom. The van der Waals surface area contributed by atoms with Crippen molar-refractivity contribution in [2.45, 2.75) is 19.8 Å². The topological polar surface area (TPSA) is 55.4 Å². The molecule has 0 saturated carbocycles. The third kappa shape index (κ3) is 6.26. The monoisotopic (exact) mass is 354 g/mol. The van der Waals surface area contributed by atoms with E-state index in [0.717, 1.165) is 31.8 Å². The maximum absolute atomic E-state index is 5.88. The molecule has 0 radical (unpaired) electrons. The molecule has 0 bridgehead atoms. The standard InChI is InChI=1S/C14H28O6P2/c1-3-4-5-16-7-9-22-19-12-14(13-20-22)10-17-21(18-11-14)8-6-15-2/h3-13H2,1-2H3. The smallest absolute Gasteiger partial charge is 0.172 e. The number of hydrogen-bond acceptors (Lipinski definition) is 6. The molecule has 130 valence electrons. The lowest BCUT2D eigenvalue weighted by atomic mass is 9.93. The minimum atomic E-state index is -0.815. The van der Waals surface area contributed by atoms with Gasteiger partial charge in [0.25, 0.3) is 0 Å². The minimum absolute atomic E-state index is 0.131. The average Bonchev–Trinajstić information content (AvgIpc) is 2.56. The van der Waals surface area contributed by atoms with Crippen molar-refractivity contribution < 1.29 is 27.6 Å². The lowest BCUT2D eigenvalue weighted by Crippen LogP contribution is -2.45. The van der Waals surface area contributed by atoms with Gasteiger partial charge in [-0.05, 0) is 6.42 Å². The number of unbranched alkanes of at least 4 members (excludes halogenated alkanes) is 1. The highest BCUT2D eigenvalue weighted by atomic mass is 31.2. The second kappa shape index (κ2) is 10.5. The summed E-state index contributed by atoms with van der Waals surface area (Å²) in [5.41, 5.74) is -0.131. The molecule has 2 fully saturated rings. The quantitative estimate of drug-likeness (QED) is 0.468. The molecule has 6 nitrogen and oxygen atoms in total. The summed E-state index contributed by atoms with van der Waals surface area (Å²) in [4.78, 5) is 0. The first-order valence-electron chi connectivity index (χ1n) is 7.91. The Balaban J connectivity index is 1.59. The summed E-state index contributed by atoms with van der Waals surface area (Å²) in [7, 11) is 0.0719. The molecule has 0 aromatic carbocycles. The van der Waals surface area contributed by atoms with Gasteiger partial charge in [-0.25, -0.2) is 0 Å². The van der Waals surface area contributed by atoms with E-state index in [1.807, 2.05) is 0 Å². The Morgan fingerprint density at radius 3 is 1.91 bits per heavy atom. The van der Waals surface area contributed by atoms with Crippen LogP contribution in [-0.2, 0) is 27.6 Å². The highest BCUT2D eigenvalue weighted by molar-refractivity contribution is 7.47. The summed E-state index contributed by atoms with van der Waals surface area (Å²) in [6.45, 7) is 6.99. The zero-order valence-corrected chi connectivity index (χ0v) is 15.4. The molecule has 0 atom stereocenters. The van der Waals surface area contributed by atoms with Crippen molar-refractivity contribution in [2.75, 3.05) is 65.7 Å². The van der Waals surface area contributed by atoms with E-state index >= 15 is 0 Å². The van der Waals surface area contributed by atoms with Gasteiger partial charge in [-0.15, -0.1) is 0 Å². The molecule has 2 aliphatic heterocycles. The largest absolute Gasteiger partial charge is 0.384 e. The van der Waals surface area contributed by atoms with Gasteiger partial charge >= 0.3 is 0 Å². The second-order valence-corrected chi connectivity index (χ2v) is 8.92. The van der Waals surface area contributed by atoms with Crippen molar-refractivity contribution >= 4 is 16.8 Å². The molecule has 8 heteroatoms. The molecule has 2 heterocycles. The van der Waals surface area contributed by atoms with Crippen LogP contribution in [0.15, 0.2) is 0 Å². The summed E-state index contributed by atoms with van der Waals surface area (Å²) in [6.07, 6.45) is 3.95. The van der Waals surface area contributed by atoms with Crippen LogP contribution in [0, 0.1) is 5.41 Å². The molecule has 22 heavy (non-hydrogen) atoms. The maximum atomic E-state index is 5.88. The van der Waals surface area contributed by atoms with Gasteiger partial charge in [-0.1, -0.05) is 13.3 Å². The summed E-state index contributed by atoms with van der Waals surface area (Å²) in [5, 5.41) is 0. The maximum Gasteiger partial charge on any atom is 0.172 e. The van der Waals surface area contributed by atoms with Crippen LogP contribution in [0.4, 0.5) is 0 Å². The number of methoxy groups -OCH3 is 1. The molecule has 2 rings (SSSR count). The lowest BCUT2D eigenvalue weighted by Gasteiger charge is -2.42.